The molecule has 1 saturated heterocycles. The summed E-state index contributed by atoms with van der Waals surface area (Å²) in [5.74, 6) is 1.70. The first-order valence-corrected chi connectivity index (χ1v) is 13.2. The molecular weight excluding hydrogens is 462 g/mol. The predicted octanol–water partition coefficient (Wildman–Crippen LogP) is 4.81. The summed E-state index contributed by atoms with van der Waals surface area (Å²) in [6, 6.07) is 7.92. The van der Waals surface area contributed by atoms with Crippen LogP contribution in [0, 0.1) is 11.3 Å². The van der Waals surface area contributed by atoms with Crippen molar-refractivity contribution in [1.82, 2.24) is 15.1 Å². The molecule has 0 bridgehead atoms. The van der Waals surface area contributed by atoms with E-state index in [1.54, 1.807) is 25.6 Å². The second-order valence-electron chi connectivity index (χ2n) is 11.1. The van der Waals surface area contributed by atoms with Crippen LogP contribution in [0.5, 0.6) is 11.5 Å². The molecule has 2 aromatic rings. The Morgan fingerprint density at radius 2 is 1.89 bits per heavy atom. The molecular formula is C27H35N3O4S. The fraction of sp³-hybridized carbons (Fsp3) is 0.556. The number of ether oxygens (including phenoxy) is 2. The van der Waals surface area contributed by atoms with Crippen molar-refractivity contribution in [2.45, 2.75) is 58.0 Å². The highest BCUT2D eigenvalue weighted by atomic mass is 32.1. The van der Waals surface area contributed by atoms with Gasteiger partial charge in [-0.15, -0.1) is 11.3 Å². The normalized spacial score (nSPS) is 28.2. The highest BCUT2D eigenvalue weighted by Gasteiger charge is 2.56. The minimum atomic E-state index is -0.791. The quantitative estimate of drug-likeness (QED) is 0.601. The molecule has 1 saturated carbocycles. The van der Waals surface area contributed by atoms with Crippen molar-refractivity contribution in [2.75, 3.05) is 27.4 Å². The minimum absolute atomic E-state index is 0.00972. The van der Waals surface area contributed by atoms with E-state index in [1.165, 1.54) is 15.3 Å². The summed E-state index contributed by atoms with van der Waals surface area (Å²) in [5, 5.41) is 5.19. The zero-order valence-electron chi connectivity index (χ0n) is 21.2. The summed E-state index contributed by atoms with van der Waals surface area (Å²) in [5.41, 5.74) is 1.55. The number of benzene rings is 1. The van der Waals surface area contributed by atoms with E-state index < -0.39 is 5.54 Å². The summed E-state index contributed by atoms with van der Waals surface area (Å²) in [4.78, 5) is 31.9. The highest BCUT2D eigenvalue weighted by Crippen LogP contribution is 2.47. The third-order valence-corrected chi connectivity index (χ3v) is 8.66. The maximum atomic E-state index is 13.8. The number of imide groups is 1. The number of rotatable bonds is 5. The molecule has 2 fully saturated rings. The van der Waals surface area contributed by atoms with Crippen LogP contribution in [0.25, 0.3) is 0 Å². The molecule has 0 unspecified atom stereocenters. The lowest BCUT2D eigenvalue weighted by Crippen LogP contribution is -2.54. The maximum absolute atomic E-state index is 13.8. The topological polar surface area (TPSA) is 71.1 Å². The lowest BCUT2D eigenvalue weighted by molar-refractivity contribution is -0.136. The first-order valence-electron chi connectivity index (χ1n) is 12.3. The highest BCUT2D eigenvalue weighted by molar-refractivity contribution is 7.10. The fourth-order valence-electron chi connectivity index (χ4n) is 6.75. The van der Waals surface area contributed by atoms with Gasteiger partial charge < -0.3 is 14.8 Å². The van der Waals surface area contributed by atoms with Crippen LogP contribution in [-0.2, 0) is 11.2 Å². The number of hydrogen-bond donors (Lipinski definition) is 1. The van der Waals surface area contributed by atoms with E-state index in [1.807, 2.05) is 12.1 Å². The molecule has 1 aliphatic carbocycles. The second kappa shape index (κ2) is 8.82. The summed E-state index contributed by atoms with van der Waals surface area (Å²) < 4.78 is 11.1. The van der Waals surface area contributed by atoms with Gasteiger partial charge in [-0.2, -0.15) is 0 Å². The molecule has 7 nitrogen and oxygen atoms in total. The van der Waals surface area contributed by atoms with Gasteiger partial charge in [0, 0.05) is 11.4 Å². The lowest BCUT2D eigenvalue weighted by atomic mass is 9.64. The standard InChI is InChI=1S/C27H35N3O4S/c1-17-13-26(2,3)15-27(14-17)24(31)30(25(32)28-27)16-29-9-8-18-11-20(33-4)21(34-5)12-19(18)23(29)22-7-6-10-35-22/h6-7,10-12,17,23H,8-9,13-16H2,1-5H3,(H,28,32)/t17-,23-,27+/m1/s1. The Kier molecular flexibility index (Phi) is 6.08. The zero-order valence-corrected chi connectivity index (χ0v) is 22.0. The fourth-order valence-corrected chi connectivity index (χ4v) is 7.62. The molecule has 35 heavy (non-hydrogen) atoms. The number of hydrogen-bond acceptors (Lipinski definition) is 6. The second-order valence-corrected chi connectivity index (χ2v) is 12.1. The van der Waals surface area contributed by atoms with E-state index in [4.69, 9.17) is 9.47 Å². The van der Waals surface area contributed by atoms with Gasteiger partial charge in [-0.05, 0) is 71.7 Å². The van der Waals surface area contributed by atoms with Gasteiger partial charge in [0.1, 0.15) is 5.54 Å². The van der Waals surface area contributed by atoms with Gasteiger partial charge in [-0.1, -0.05) is 26.8 Å². The van der Waals surface area contributed by atoms with Gasteiger partial charge in [-0.25, -0.2) is 9.69 Å². The third-order valence-electron chi connectivity index (χ3n) is 7.73. The number of thiophene rings is 1. The van der Waals surface area contributed by atoms with Crippen molar-refractivity contribution in [3.8, 4) is 11.5 Å². The average Bonchev–Trinajstić information content (AvgIpc) is 3.39. The van der Waals surface area contributed by atoms with Crippen molar-refractivity contribution in [2.24, 2.45) is 11.3 Å². The Hall–Kier alpha value is -2.58. The summed E-state index contributed by atoms with van der Waals surface area (Å²) in [6.45, 7) is 7.57. The van der Waals surface area contributed by atoms with E-state index >= 15 is 0 Å². The number of carbonyl (C=O) groups is 2. The van der Waals surface area contributed by atoms with Gasteiger partial charge in [-0.3, -0.25) is 9.69 Å². The largest absolute Gasteiger partial charge is 0.493 e. The van der Waals surface area contributed by atoms with Gasteiger partial charge in [0.2, 0.25) is 0 Å². The molecule has 1 N–H and O–H groups in total. The van der Waals surface area contributed by atoms with Gasteiger partial charge >= 0.3 is 6.03 Å². The molecule has 1 aromatic carbocycles. The van der Waals surface area contributed by atoms with Gasteiger partial charge in [0.25, 0.3) is 5.91 Å². The SMILES string of the molecule is COc1cc2c(cc1OC)[C@H](c1cccs1)N(CN1C(=O)N[C@]3(C[C@H](C)CC(C)(C)C3)C1=O)CC2. The number of methoxy groups -OCH3 is 2. The number of nitrogens with zero attached hydrogens (tertiary/aromatic N) is 2. The van der Waals surface area contributed by atoms with E-state index in [-0.39, 0.29) is 30.1 Å². The van der Waals surface area contributed by atoms with E-state index in [2.05, 4.69) is 48.5 Å². The molecule has 5 rings (SSSR count). The van der Waals surface area contributed by atoms with Crippen LogP contribution >= 0.6 is 11.3 Å². The molecule has 8 heteroatoms. The molecule has 188 valence electrons. The summed E-state index contributed by atoms with van der Waals surface area (Å²) >= 11 is 1.68. The van der Waals surface area contributed by atoms with E-state index in [0.717, 1.165) is 30.7 Å². The Morgan fingerprint density at radius 1 is 1.14 bits per heavy atom. The van der Waals surface area contributed by atoms with Crippen LogP contribution in [0.2, 0.25) is 0 Å². The number of nitrogens with one attached hydrogen (secondary N) is 1. The molecule has 1 aromatic heterocycles. The van der Waals surface area contributed by atoms with Crippen LogP contribution in [0.4, 0.5) is 4.79 Å². The Labute approximate surface area is 211 Å². The molecule has 0 radical (unpaired) electrons. The Balaban J connectivity index is 1.47. The first kappa shape index (κ1) is 24.1. The number of amides is 3. The predicted molar refractivity (Wildman–Crippen MR) is 136 cm³/mol. The molecule has 1 spiro atoms. The van der Waals surface area contributed by atoms with E-state index in [0.29, 0.717) is 24.5 Å². The Morgan fingerprint density at radius 3 is 2.54 bits per heavy atom. The van der Waals surface area contributed by atoms with Crippen LogP contribution in [0.3, 0.4) is 0 Å². The molecule has 3 aliphatic rings. The molecule has 3 heterocycles. The van der Waals surface area contributed by atoms with Crippen molar-refractivity contribution >= 4 is 23.3 Å². The van der Waals surface area contributed by atoms with Crippen molar-refractivity contribution < 1.29 is 19.1 Å². The maximum Gasteiger partial charge on any atom is 0.326 e. The van der Waals surface area contributed by atoms with Crippen LogP contribution in [0.15, 0.2) is 29.6 Å². The zero-order chi connectivity index (χ0) is 25.0. The van der Waals surface area contributed by atoms with Crippen molar-refractivity contribution in [3.05, 3.63) is 45.6 Å². The number of urea groups is 1. The number of fused-ring (bicyclic) bond motifs is 1. The molecule has 2 aliphatic heterocycles. The first-order chi connectivity index (χ1) is 16.7. The van der Waals surface area contributed by atoms with E-state index in [9.17, 15) is 9.59 Å². The monoisotopic (exact) mass is 497 g/mol. The third kappa shape index (κ3) is 4.20. The van der Waals surface area contributed by atoms with Crippen LogP contribution in [0.1, 0.15) is 62.1 Å². The van der Waals surface area contributed by atoms with Crippen LogP contribution in [-0.4, -0.2) is 54.7 Å². The van der Waals surface area contributed by atoms with Gasteiger partial charge in [0.15, 0.2) is 11.5 Å². The lowest BCUT2D eigenvalue weighted by Gasteiger charge is -2.44. The Bertz CT molecular complexity index is 1130. The average molecular weight is 498 g/mol. The molecule has 3 atom stereocenters. The smallest absolute Gasteiger partial charge is 0.326 e. The summed E-state index contributed by atoms with van der Waals surface area (Å²) in [7, 11) is 3.29. The van der Waals surface area contributed by atoms with Crippen LogP contribution < -0.4 is 14.8 Å². The van der Waals surface area contributed by atoms with Crippen molar-refractivity contribution in [3.63, 3.8) is 0 Å². The number of carbonyl (C=O) groups excluding carboxylic acids is 2. The molecule has 3 amide bonds. The van der Waals surface area contributed by atoms with Gasteiger partial charge in [0.05, 0.1) is 26.9 Å². The van der Waals surface area contributed by atoms with Crippen molar-refractivity contribution in [1.29, 1.82) is 0 Å². The summed E-state index contributed by atoms with van der Waals surface area (Å²) in [6.07, 6.45) is 3.24. The minimum Gasteiger partial charge on any atom is -0.493 e.